The summed E-state index contributed by atoms with van der Waals surface area (Å²) in [5, 5.41) is 0. The van der Waals surface area contributed by atoms with Crippen molar-refractivity contribution in [2.75, 3.05) is 24.6 Å². The molecular weight excluding hydrogens is 306 g/mol. The molecule has 0 unspecified atom stereocenters. The molecule has 0 radical (unpaired) electrons. The minimum atomic E-state index is -0.0935. The van der Waals surface area contributed by atoms with Gasteiger partial charge in [-0.3, -0.25) is 4.79 Å². The molecule has 0 saturated carbocycles. The number of hydrogen-bond acceptors (Lipinski definition) is 6. The zero-order chi connectivity index (χ0) is 16.7. The molecule has 1 saturated heterocycles. The molecule has 4 rings (SSSR count). The first kappa shape index (κ1) is 15.1. The van der Waals surface area contributed by atoms with Gasteiger partial charge in [-0.1, -0.05) is 19.1 Å². The van der Waals surface area contributed by atoms with Gasteiger partial charge in [-0.2, -0.15) is 0 Å². The Kier molecular flexibility index (Phi) is 3.70. The maximum absolute atomic E-state index is 12.4. The van der Waals surface area contributed by atoms with Crippen LogP contribution in [0.3, 0.4) is 0 Å². The number of fused-ring (bicyclic) bond motifs is 2. The summed E-state index contributed by atoms with van der Waals surface area (Å²) in [7, 11) is 0. The van der Waals surface area contributed by atoms with E-state index >= 15 is 0 Å². The number of ether oxygens (including phenoxy) is 1. The molecule has 126 valence electrons. The number of hydrogen-bond donors (Lipinski definition) is 1. The Bertz CT molecular complexity index is 786. The van der Waals surface area contributed by atoms with Gasteiger partial charge in [-0.25, -0.2) is 15.0 Å². The predicted molar refractivity (Wildman–Crippen MR) is 89.3 cm³/mol. The zero-order valence-electron chi connectivity index (χ0n) is 13.8. The van der Waals surface area contributed by atoms with E-state index in [0.29, 0.717) is 18.2 Å². The number of H-pyrrole nitrogens is 1. The van der Waals surface area contributed by atoms with E-state index in [1.54, 1.807) is 12.7 Å². The molecule has 24 heavy (non-hydrogen) atoms. The number of rotatable bonds is 3. The summed E-state index contributed by atoms with van der Waals surface area (Å²) in [6.45, 7) is 6.00. The fourth-order valence-electron chi connectivity index (χ4n) is 4.06. The summed E-state index contributed by atoms with van der Waals surface area (Å²) in [6.07, 6.45) is 7.57. The lowest BCUT2D eigenvalue weighted by atomic mass is 9.72. The number of nitrogens with one attached hydrogen (secondary N) is 1. The van der Waals surface area contributed by atoms with Gasteiger partial charge in [0.05, 0.1) is 18.9 Å². The number of esters is 1. The first-order chi connectivity index (χ1) is 11.7. The van der Waals surface area contributed by atoms with Crippen molar-refractivity contribution in [2.24, 2.45) is 23.7 Å². The van der Waals surface area contributed by atoms with Gasteiger partial charge in [0, 0.05) is 13.1 Å². The number of allylic oxidation sites excluding steroid dienone is 1. The van der Waals surface area contributed by atoms with Crippen LogP contribution in [0, 0.1) is 23.7 Å². The van der Waals surface area contributed by atoms with Crippen LogP contribution < -0.4 is 4.90 Å². The molecule has 2 aromatic heterocycles. The van der Waals surface area contributed by atoms with E-state index < -0.39 is 0 Å². The van der Waals surface area contributed by atoms with Crippen molar-refractivity contribution in [3.8, 4) is 0 Å². The highest BCUT2D eigenvalue weighted by Gasteiger charge is 2.45. The molecule has 7 nitrogen and oxygen atoms in total. The fourth-order valence-corrected chi connectivity index (χ4v) is 4.06. The molecule has 4 atom stereocenters. The second-order valence-electron chi connectivity index (χ2n) is 6.55. The SMILES string of the molecule is CCOC(=O)[C@H]1[C@@H]2CN(c3ncnc4nc[nH]c34)C[C@@H]2C=C[C@@H]1C. The number of imidazole rings is 1. The summed E-state index contributed by atoms with van der Waals surface area (Å²) in [6, 6.07) is 0. The van der Waals surface area contributed by atoms with E-state index in [2.05, 4.69) is 43.9 Å². The number of carbonyl (C=O) groups is 1. The van der Waals surface area contributed by atoms with Gasteiger partial charge in [0.15, 0.2) is 11.5 Å². The second kappa shape index (κ2) is 5.89. The van der Waals surface area contributed by atoms with Crippen LogP contribution in [0.25, 0.3) is 11.2 Å². The molecule has 7 heteroatoms. The topological polar surface area (TPSA) is 84.0 Å². The number of carbonyl (C=O) groups excluding carboxylic acids is 1. The van der Waals surface area contributed by atoms with Crippen molar-refractivity contribution in [3.63, 3.8) is 0 Å². The molecule has 0 spiro atoms. The standard InChI is InChI=1S/C17H21N5O2/c1-3-24-17(23)13-10(2)4-5-11-6-22(7-12(11)13)16-14-15(19-8-18-14)20-9-21-16/h4-5,8-13H,3,6-7H2,1-2H3,(H,18,19,20,21)/t10-,11-,12+,13+/m0/s1. The predicted octanol–water partition coefficient (Wildman–Crippen LogP) is 1.79. The average Bonchev–Trinajstić information content (AvgIpc) is 3.20. The smallest absolute Gasteiger partial charge is 0.309 e. The van der Waals surface area contributed by atoms with Crippen molar-refractivity contribution in [1.82, 2.24) is 19.9 Å². The lowest BCUT2D eigenvalue weighted by molar-refractivity contribution is -0.151. The van der Waals surface area contributed by atoms with Crippen molar-refractivity contribution >= 4 is 23.0 Å². The van der Waals surface area contributed by atoms with Crippen LogP contribution in [0.4, 0.5) is 5.82 Å². The third-order valence-electron chi connectivity index (χ3n) is 5.16. The van der Waals surface area contributed by atoms with Gasteiger partial charge in [-0.05, 0) is 24.7 Å². The van der Waals surface area contributed by atoms with Crippen LogP contribution in [0.5, 0.6) is 0 Å². The minimum Gasteiger partial charge on any atom is -0.466 e. The lowest BCUT2D eigenvalue weighted by Crippen LogP contribution is -2.37. The van der Waals surface area contributed by atoms with Crippen molar-refractivity contribution in [3.05, 3.63) is 24.8 Å². The van der Waals surface area contributed by atoms with Gasteiger partial charge >= 0.3 is 5.97 Å². The monoisotopic (exact) mass is 327 g/mol. The van der Waals surface area contributed by atoms with Crippen LogP contribution in [-0.4, -0.2) is 45.6 Å². The van der Waals surface area contributed by atoms with E-state index in [0.717, 1.165) is 24.4 Å². The summed E-state index contributed by atoms with van der Waals surface area (Å²) in [5.74, 6) is 1.46. The highest BCUT2D eigenvalue weighted by Crippen LogP contribution is 2.41. The Balaban J connectivity index is 1.64. The van der Waals surface area contributed by atoms with Crippen molar-refractivity contribution in [2.45, 2.75) is 13.8 Å². The Labute approximate surface area is 140 Å². The molecule has 1 aliphatic heterocycles. The Morgan fingerprint density at radius 3 is 3.04 bits per heavy atom. The average molecular weight is 327 g/mol. The van der Waals surface area contributed by atoms with Crippen LogP contribution in [0.15, 0.2) is 24.8 Å². The number of anilines is 1. The third kappa shape index (κ3) is 2.35. The van der Waals surface area contributed by atoms with E-state index in [1.165, 1.54) is 0 Å². The molecule has 0 amide bonds. The summed E-state index contributed by atoms with van der Waals surface area (Å²) < 4.78 is 5.33. The van der Waals surface area contributed by atoms with Crippen LogP contribution in [0.1, 0.15) is 13.8 Å². The van der Waals surface area contributed by atoms with E-state index in [1.807, 2.05) is 6.92 Å². The number of nitrogens with zero attached hydrogens (tertiary/aromatic N) is 4. The fraction of sp³-hybridized carbons (Fsp3) is 0.529. The third-order valence-corrected chi connectivity index (χ3v) is 5.16. The summed E-state index contributed by atoms with van der Waals surface area (Å²) in [5.41, 5.74) is 1.52. The number of aromatic amines is 1. The Hall–Kier alpha value is -2.44. The van der Waals surface area contributed by atoms with E-state index in [4.69, 9.17) is 4.74 Å². The van der Waals surface area contributed by atoms with Gasteiger partial charge < -0.3 is 14.6 Å². The largest absolute Gasteiger partial charge is 0.466 e. The summed E-state index contributed by atoms with van der Waals surface area (Å²) >= 11 is 0. The highest BCUT2D eigenvalue weighted by molar-refractivity contribution is 5.83. The Morgan fingerprint density at radius 1 is 1.33 bits per heavy atom. The quantitative estimate of drug-likeness (QED) is 0.683. The molecule has 1 N–H and O–H groups in total. The van der Waals surface area contributed by atoms with Gasteiger partial charge in [-0.15, -0.1) is 0 Å². The highest BCUT2D eigenvalue weighted by atomic mass is 16.5. The van der Waals surface area contributed by atoms with Gasteiger partial charge in [0.2, 0.25) is 0 Å². The molecule has 2 aliphatic rings. The first-order valence-electron chi connectivity index (χ1n) is 8.43. The normalized spacial score (nSPS) is 29.0. The Morgan fingerprint density at radius 2 is 2.21 bits per heavy atom. The van der Waals surface area contributed by atoms with E-state index in [9.17, 15) is 4.79 Å². The minimum absolute atomic E-state index is 0.0828. The van der Waals surface area contributed by atoms with Crippen molar-refractivity contribution in [1.29, 1.82) is 0 Å². The molecule has 0 aromatic carbocycles. The van der Waals surface area contributed by atoms with Crippen LogP contribution in [-0.2, 0) is 9.53 Å². The molecule has 2 aromatic rings. The molecular formula is C17H21N5O2. The first-order valence-corrected chi connectivity index (χ1v) is 8.43. The molecule has 1 fully saturated rings. The number of aromatic nitrogens is 4. The van der Waals surface area contributed by atoms with Crippen LogP contribution in [0.2, 0.25) is 0 Å². The maximum atomic E-state index is 12.4. The van der Waals surface area contributed by atoms with Gasteiger partial charge in [0.25, 0.3) is 0 Å². The van der Waals surface area contributed by atoms with Gasteiger partial charge in [0.1, 0.15) is 11.8 Å². The molecule has 0 bridgehead atoms. The maximum Gasteiger partial charge on any atom is 0.309 e. The van der Waals surface area contributed by atoms with Crippen LogP contribution >= 0.6 is 0 Å². The summed E-state index contributed by atoms with van der Waals surface area (Å²) in [4.78, 5) is 30.6. The second-order valence-corrected chi connectivity index (χ2v) is 6.55. The van der Waals surface area contributed by atoms with E-state index in [-0.39, 0.29) is 23.7 Å². The van der Waals surface area contributed by atoms with Crippen molar-refractivity contribution < 1.29 is 9.53 Å². The molecule has 1 aliphatic carbocycles. The lowest BCUT2D eigenvalue weighted by Gasteiger charge is -2.31. The molecule has 3 heterocycles. The zero-order valence-corrected chi connectivity index (χ0v) is 13.8.